The van der Waals surface area contributed by atoms with Crippen LogP contribution in [0.1, 0.15) is 40.0 Å². The molecule has 2 N–H and O–H groups in total. The summed E-state index contributed by atoms with van der Waals surface area (Å²) in [6.45, 7) is 11.5. The number of para-hydroxylation sites is 1. The highest BCUT2D eigenvalue weighted by molar-refractivity contribution is 5.47. The molecule has 3 rings (SSSR count). The summed E-state index contributed by atoms with van der Waals surface area (Å²) in [6.07, 6.45) is 3.50. The number of ether oxygens (including phenoxy) is 1. The third-order valence-corrected chi connectivity index (χ3v) is 6.65. The number of benzene rings is 1. The smallest absolute Gasteiger partial charge is 0.146 e. The molecule has 5 heteroatoms. The fourth-order valence-electron chi connectivity index (χ4n) is 4.91. The lowest BCUT2D eigenvalue weighted by molar-refractivity contribution is -0.903. The van der Waals surface area contributed by atoms with Gasteiger partial charge < -0.3 is 19.6 Å². The van der Waals surface area contributed by atoms with Crippen molar-refractivity contribution in [2.45, 2.75) is 52.2 Å². The number of aliphatic hydroxyl groups excluding tert-OH is 1. The summed E-state index contributed by atoms with van der Waals surface area (Å²) in [6, 6.07) is 6.98. The van der Waals surface area contributed by atoms with Crippen LogP contribution in [0, 0.1) is 23.6 Å². The first-order chi connectivity index (χ1) is 13.4. The van der Waals surface area contributed by atoms with Crippen LogP contribution in [0.4, 0.5) is 10.1 Å². The molecule has 1 aliphatic heterocycles. The van der Waals surface area contributed by atoms with Crippen LogP contribution >= 0.6 is 0 Å². The first kappa shape index (κ1) is 21.5. The molecule has 1 aromatic rings. The Morgan fingerprint density at radius 3 is 2.61 bits per heavy atom. The van der Waals surface area contributed by atoms with Gasteiger partial charge in [0, 0.05) is 0 Å². The summed E-state index contributed by atoms with van der Waals surface area (Å²) in [7, 11) is 0. The second kappa shape index (κ2) is 10.0. The average Bonchev–Trinajstić information content (AvgIpc) is 2.67. The van der Waals surface area contributed by atoms with E-state index < -0.39 is 6.10 Å². The van der Waals surface area contributed by atoms with Crippen molar-refractivity contribution in [2.75, 3.05) is 44.2 Å². The van der Waals surface area contributed by atoms with E-state index in [4.69, 9.17) is 4.74 Å². The van der Waals surface area contributed by atoms with Crippen LogP contribution in [0.15, 0.2) is 24.3 Å². The molecule has 1 heterocycles. The quantitative estimate of drug-likeness (QED) is 0.747. The molecule has 0 amide bonds. The highest BCUT2D eigenvalue weighted by Crippen LogP contribution is 2.35. The van der Waals surface area contributed by atoms with Crippen molar-refractivity contribution in [1.29, 1.82) is 0 Å². The molecule has 158 valence electrons. The molecule has 1 aromatic carbocycles. The van der Waals surface area contributed by atoms with E-state index >= 15 is 0 Å². The van der Waals surface area contributed by atoms with E-state index in [2.05, 4.69) is 25.7 Å². The van der Waals surface area contributed by atoms with Gasteiger partial charge in [-0.05, 0) is 42.7 Å². The normalized spacial score (nSPS) is 27.9. The van der Waals surface area contributed by atoms with Crippen LogP contribution in [0.5, 0.6) is 0 Å². The third kappa shape index (κ3) is 5.68. The molecule has 1 aliphatic carbocycles. The molecule has 0 unspecified atom stereocenters. The molecule has 1 saturated carbocycles. The van der Waals surface area contributed by atoms with E-state index in [0.29, 0.717) is 36.6 Å². The zero-order chi connectivity index (χ0) is 20.1. The van der Waals surface area contributed by atoms with Crippen LogP contribution in [-0.4, -0.2) is 56.6 Å². The fourth-order valence-corrected chi connectivity index (χ4v) is 4.91. The van der Waals surface area contributed by atoms with Gasteiger partial charge >= 0.3 is 0 Å². The number of piperazine rings is 1. The van der Waals surface area contributed by atoms with E-state index in [1.807, 2.05) is 12.1 Å². The highest BCUT2D eigenvalue weighted by Gasteiger charge is 2.32. The van der Waals surface area contributed by atoms with Crippen LogP contribution in [0.25, 0.3) is 0 Å². The monoisotopic (exact) mass is 393 g/mol. The van der Waals surface area contributed by atoms with Crippen molar-refractivity contribution in [3.05, 3.63) is 30.1 Å². The average molecular weight is 394 g/mol. The first-order valence-electron chi connectivity index (χ1n) is 11.1. The Bertz CT molecular complexity index is 604. The standard InChI is InChI=1S/C23H37FN2O2/c1-17(2)20-9-8-18(3)14-23(20)28-16-19(27)15-25-10-12-26(13-11-25)22-7-5-4-6-21(22)24/h4-7,17-20,23,27H,8-16H2,1-3H3/p+1/t18-,19+,20+,23+/m0/s1. The van der Waals surface area contributed by atoms with Crippen molar-refractivity contribution in [2.24, 2.45) is 17.8 Å². The molecular formula is C23H38FN2O2+. The third-order valence-electron chi connectivity index (χ3n) is 6.65. The van der Waals surface area contributed by atoms with Crippen molar-refractivity contribution in [3.8, 4) is 0 Å². The number of nitrogens with one attached hydrogen (secondary N) is 1. The number of anilines is 1. The number of nitrogens with zero attached hydrogens (tertiary/aromatic N) is 1. The Hall–Kier alpha value is -1.17. The molecule has 1 saturated heterocycles. The number of quaternary nitrogens is 1. The number of halogens is 1. The predicted molar refractivity (Wildman–Crippen MR) is 111 cm³/mol. The number of aliphatic hydroxyl groups is 1. The van der Waals surface area contributed by atoms with Crippen LogP contribution in [0.2, 0.25) is 0 Å². The minimum absolute atomic E-state index is 0.152. The summed E-state index contributed by atoms with van der Waals surface area (Å²) in [5.41, 5.74) is 0.691. The van der Waals surface area contributed by atoms with Gasteiger partial charge in [-0.3, -0.25) is 0 Å². The van der Waals surface area contributed by atoms with E-state index in [1.165, 1.54) is 23.8 Å². The van der Waals surface area contributed by atoms with Gasteiger partial charge in [-0.2, -0.15) is 0 Å². The van der Waals surface area contributed by atoms with Crippen molar-refractivity contribution in [3.63, 3.8) is 0 Å². The van der Waals surface area contributed by atoms with E-state index in [9.17, 15) is 9.50 Å². The number of rotatable bonds is 7. The SMILES string of the molecule is CC(C)[C@H]1CC[C@H](C)C[C@H]1OC[C@H](O)C[NH+]1CCN(c2ccccc2F)CC1. The number of hydrogen-bond acceptors (Lipinski definition) is 3. The minimum atomic E-state index is -0.431. The van der Waals surface area contributed by atoms with Gasteiger partial charge in [0.15, 0.2) is 0 Å². The van der Waals surface area contributed by atoms with E-state index in [1.54, 1.807) is 6.07 Å². The summed E-state index contributed by atoms with van der Waals surface area (Å²) in [4.78, 5) is 3.49. The topological polar surface area (TPSA) is 37.1 Å². The molecule has 2 aliphatic rings. The van der Waals surface area contributed by atoms with Gasteiger partial charge in [0.1, 0.15) is 18.5 Å². The molecular weight excluding hydrogens is 355 g/mol. The van der Waals surface area contributed by atoms with Gasteiger partial charge in [0.05, 0.1) is 44.6 Å². The van der Waals surface area contributed by atoms with Gasteiger partial charge in [-0.15, -0.1) is 0 Å². The molecule has 28 heavy (non-hydrogen) atoms. The molecule has 0 spiro atoms. The second-order valence-corrected chi connectivity index (χ2v) is 9.24. The van der Waals surface area contributed by atoms with Crippen LogP contribution < -0.4 is 9.80 Å². The lowest BCUT2D eigenvalue weighted by Crippen LogP contribution is -3.16. The van der Waals surface area contributed by atoms with Crippen molar-refractivity contribution in [1.82, 2.24) is 0 Å². The Labute approximate surface area is 169 Å². The Morgan fingerprint density at radius 1 is 1.21 bits per heavy atom. The van der Waals surface area contributed by atoms with Crippen LogP contribution in [0.3, 0.4) is 0 Å². The summed E-state index contributed by atoms with van der Waals surface area (Å²) in [5.74, 6) is 1.81. The Kier molecular flexibility index (Phi) is 7.72. The van der Waals surface area contributed by atoms with Crippen molar-refractivity contribution < 1.29 is 19.1 Å². The van der Waals surface area contributed by atoms with Gasteiger partial charge in [0.25, 0.3) is 0 Å². The molecule has 2 fully saturated rings. The summed E-state index contributed by atoms with van der Waals surface area (Å²) in [5, 5.41) is 10.5. The first-order valence-corrected chi connectivity index (χ1v) is 11.1. The molecule has 4 nitrogen and oxygen atoms in total. The van der Waals surface area contributed by atoms with E-state index in [0.717, 1.165) is 32.6 Å². The van der Waals surface area contributed by atoms with Gasteiger partial charge in [0.2, 0.25) is 0 Å². The van der Waals surface area contributed by atoms with E-state index in [-0.39, 0.29) is 11.9 Å². The van der Waals surface area contributed by atoms with Gasteiger partial charge in [-0.1, -0.05) is 39.3 Å². The predicted octanol–water partition coefficient (Wildman–Crippen LogP) is 2.37. The second-order valence-electron chi connectivity index (χ2n) is 9.24. The lowest BCUT2D eigenvalue weighted by Gasteiger charge is -2.38. The maximum absolute atomic E-state index is 14.0. The maximum atomic E-state index is 14.0. The molecule has 0 bridgehead atoms. The molecule has 0 radical (unpaired) electrons. The fraction of sp³-hybridized carbons (Fsp3) is 0.739. The summed E-state index contributed by atoms with van der Waals surface area (Å²) < 4.78 is 20.2. The largest absolute Gasteiger partial charge is 0.385 e. The van der Waals surface area contributed by atoms with Gasteiger partial charge in [-0.25, -0.2) is 4.39 Å². The molecule has 4 atom stereocenters. The minimum Gasteiger partial charge on any atom is -0.385 e. The zero-order valence-corrected chi connectivity index (χ0v) is 17.7. The highest BCUT2D eigenvalue weighted by atomic mass is 19.1. The van der Waals surface area contributed by atoms with Crippen molar-refractivity contribution >= 4 is 5.69 Å². The van der Waals surface area contributed by atoms with Crippen LogP contribution in [-0.2, 0) is 4.74 Å². The lowest BCUT2D eigenvalue weighted by atomic mass is 9.75. The number of hydrogen-bond donors (Lipinski definition) is 2. The maximum Gasteiger partial charge on any atom is 0.146 e. The zero-order valence-electron chi connectivity index (χ0n) is 17.7. The summed E-state index contributed by atoms with van der Waals surface area (Å²) >= 11 is 0. The Balaban J connectivity index is 1.42. The molecule has 0 aromatic heterocycles. The Morgan fingerprint density at radius 2 is 1.93 bits per heavy atom.